The number of hydrogen-bond acceptors (Lipinski definition) is 3. The fraction of sp³-hybridized carbons (Fsp3) is 0.667. The highest BCUT2D eigenvalue weighted by Crippen LogP contribution is 2.68. The van der Waals surface area contributed by atoms with Crippen LogP contribution in [0.15, 0.2) is 17.5 Å². The van der Waals surface area contributed by atoms with E-state index in [2.05, 4.69) is 44.5 Å². The number of hydrogen-bond donors (Lipinski definition) is 1. The lowest BCUT2D eigenvalue weighted by Crippen LogP contribution is -2.32. The van der Waals surface area contributed by atoms with E-state index in [0.717, 1.165) is 6.54 Å². The molecule has 1 aromatic rings. The number of thiophene rings is 1. The van der Waals surface area contributed by atoms with Gasteiger partial charge >= 0.3 is 0 Å². The normalized spacial score (nSPS) is 28.9. The highest BCUT2D eigenvalue weighted by molar-refractivity contribution is 7.10. The van der Waals surface area contributed by atoms with Gasteiger partial charge in [0, 0.05) is 11.4 Å². The Labute approximate surface area is 119 Å². The van der Waals surface area contributed by atoms with Gasteiger partial charge in [-0.15, -0.1) is 11.3 Å². The van der Waals surface area contributed by atoms with Crippen molar-refractivity contribution in [3.63, 3.8) is 0 Å². The molecule has 0 spiro atoms. The predicted octanol–water partition coefficient (Wildman–Crippen LogP) is 2.86. The Morgan fingerprint density at radius 2 is 2.05 bits per heavy atom. The molecular weight excluding hydrogens is 256 g/mol. The van der Waals surface area contributed by atoms with Crippen molar-refractivity contribution < 1.29 is 4.79 Å². The van der Waals surface area contributed by atoms with Crippen LogP contribution < -0.4 is 5.32 Å². The summed E-state index contributed by atoms with van der Waals surface area (Å²) >= 11 is 1.72. The van der Waals surface area contributed by atoms with Crippen LogP contribution in [0.3, 0.4) is 0 Å². The maximum absolute atomic E-state index is 12.1. The van der Waals surface area contributed by atoms with E-state index in [4.69, 9.17) is 0 Å². The number of nitrogens with zero attached hydrogens (tertiary/aromatic N) is 1. The van der Waals surface area contributed by atoms with E-state index in [-0.39, 0.29) is 12.1 Å². The highest BCUT2D eigenvalue weighted by Gasteiger charge is 2.65. The Morgan fingerprint density at radius 1 is 1.37 bits per heavy atom. The zero-order chi connectivity index (χ0) is 13.8. The maximum atomic E-state index is 12.1. The molecule has 0 bridgehead atoms. The maximum Gasteiger partial charge on any atom is 0.238 e. The summed E-state index contributed by atoms with van der Waals surface area (Å²) in [6.07, 6.45) is 0.0831. The van der Waals surface area contributed by atoms with Crippen LogP contribution >= 0.6 is 11.3 Å². The number of amides is 1. The van der Waals surface area contributed by atoms with Crippen LogP contribution in [0, 0.1) is 16.7 Å². The van der Waals surface area contributed by atoms with Crippen LogP contribution in [0.5, 0.6) is 0 Å². The molecule has 2 fully saturated rings. The fourth-order valence-electron chi connectivity index (χ4n) is 3.43. The molecule has 4 heteroatoms. The van der Waals surface area contributed by atoms with Gasteiger partial charge in [0.15, 0.2) is 0 Å². The van der Waals surface area contributed by atoms with E-state index in [1.807, 2.05) is 11.0 Å². The molecule has 1 atom stereocenters. The molecule has 1 unspecified atom stereocenters. The van der Waals surface area contributed by atoms with Gasteiger partial charge in [-0.3, -0.25) is 10.1 Å². The summed E-state index contributed by atoms with van der Waals surface area (Å²) in [6.45, 7) is 10.6. The minimum Gasteiger partial charge on any atom is -0.321 e. The van der Waals surface area contributed by atoms with Crippen molar-refractivity contribution in [3.05, 3.63) is 22.4 Å². The average Bonchev–Trinajstić information content (AvgIpc) is 2.82. The van der Waals surface area contributed by atoms with E-state index < -0.39 is 0 Å². The van der Waals surface area contributed by atoms with Crippen molar-refractivity contribution in [2.24, 2.45) is 16.7 Å². The minimum absolute atomic E-state index is 0.0831. The van der Waals surface area contributed by atoms with Gasteiger partial charge in [0.05, 0.1) is 6.54 Å². The molecule has 3 rings (SSSR count). The van der Waals surface area contributed by atoms with Gasteiger partial charge in [-0.2, -0.15) is 0 Å². The summed E-state index contributed by atoms with van der Waals surface area (Å²) < 4.78 is 0. The van der Waals surface area contributed by atoms with E-state index >= 15 is 0 Å². The van der Waals surface area contributed by atoms with Crippen molar-refractivity contribution in [3.8, 4) is 0 Å². The lowest BCUT2D eigenvalue weighted by molar-refractivity contribution is -0.128. The first-order chi connectivity index (χ1) is 8.85. The monoisotopic (exact) mass is 278 g/mol. The standard InChI is InChI=1S/C15H22N2OS/c1-14(2)11(15(14,3)4)9-17-12(18)8-16-13(17)10-6-5-7-19-10/h5-7,11,13,16H,8-9H2,1-4H3. The molecule has 19 heavy (non-hydrogen) atoms. The quantitative estimate of drug-likeness (QED) is 0.922. The second-order valence-corrected chi connectivity index (χ2v) is 7.82. The van der Waals surface area contributed by atoms with Crippen LogP contribution in [-0.4, -0.2) is 23.9 Å². The zero-order valence-electron chi connectivity index (χ0n) is 12.1. The molecule has 0 radical (unpaired) electrons. The first kappa shape index (κ1) is 13.1. The first-order valence-corrected chi connectivity index (χ1v) is 7.80. The smallest absolute Gasteiger partial charge is 0.238 e. The van der Waals surface area contributed by atoms with Crippen molar-refractivity contribution in [2.75, 3.05) is 13.1 Å². The largest absolute Gasteiger partial charge is 0.321 e. The van der Waals surface area contributed by atoms with E-state index in [1.165, 1.54) is 4.88 Å². The molecule has 104 valence electrons. The SMILES string of the molecule is CC1(C)C(CN2C(=O)CNC2c2cccs2)C1(C)C. The summed E-state index contributed by atoms with van der Waals surface area (Å²) in [4.78, 5) is 15.4. The molecule has 1 saturated carbocycles. The number of rotatable bonds is 3. The minimum atomic E-state index is 0.0831. The van der Waals surface area contributed by atoms with Crippen molar-refractivity contribution in [1.82, 2.24) is 10.2 Å². The van der Waals surface area contributed by atoms with Gasteiger partial charge in [0.25, 0.3) is 0 Å². The van der Waals surface area contributed by atoms with Gasteiger partial charge in [-0.25, -0.2) is 0 Å². The van der Waals surface area contributed by atoms with Gasteiger partial charge < -0.3 is 4.90 Å². The number of carbonyl (C=O) groups excluding carboxylic acids is 1. The van der Waals surface area contributed by atoms with Crippen molar-refractivity contribution in [1.29, 1.82) is 0 Å². The van der Waals surface area contributed by atoms with Crippen molar-refractivity contribution >= 4 is 17.2 Å². The Hall–Kier alpha value is -0.870. The highest BCUT2D eigenvalue weighted by atomic mass is 32.1. The Kier molecular flexibility index (Phi) is 2.81. The third-order valence-electron chi connectivity index (χ3n) is 5.59. The van der Waals surface area contributed by atoms with Crippen LogP contribution in [0.4, 0.5) is 0 Å². The fourth-order valence-corrected chi connectivity index (χ4v) is 4.25. The van der Waals surface area contributed by atoms with Crippen LogP contribution in [0.1, 0.15) is 38.7 Å². The molecule has 1 N–H and O–H groups in total. The van der Waals surface area contributed by atoms with Gasteiger partial charge in [0.2, 0.25) is 5.91 Å². The molecule has 1 aromatic heterocycles. The lowest BCUT2D eigenvalue weighted by Gasteiger charge is -2.24. The van der Waals surface area contributed by atoms with Gasteiger partial charge in [0.1, 0.15) is 6.17 Å². The molecule has 1 aliphatic heterocycles. The summed E-state index contributed by atoms with van der Waals surface area (Å²) in [7, 11) is 0. The Bertz CT molecular complexity index is 478. The zero-order valence-corrected chi connectivity index (χ0v) is 12.9. The van der Waals surface area contributed by atoms with Gasteiger partial charge in [-0.05, 0) is 28.2 Å². The molecule has 1 saturated heterocycles. The van der Waals surface area contributed by atoms with E-state index in [1.54, 1.807) is 11.3 Å². The van der Waals surface area contributed by atoms with Crippen LogP contribution in [0.25, 0.3) is 0 Å². The van der Waals surface area contributed by atoms with Crippen LogP contribution in [0.2, 0.25) is 0 Å². The van der Waals surface area contributed by atoms with Gasteiger partial charge in [-0.1, -0.05) is 33.8 Å². The average molecular weight is 278 g/mol. The molecule has 2 aliphatic rings. The molecule has 1 aliphatic carbocycles. The molecule has 2 heterocycles. The predicted molar refractivity (Wildman–Crippen MR) is 77.8 cm³/mol. The first-order valence-electron chi connectivity index (χ1n) is 6.92. The second-order valence-electron chi connectivity index (χ2n) is 6.84. The summed E-state index contributed by atoms with van der Waals surface area (Å²) in [5.41, 5.74) is 0.658. The summed E-state index contributed by atoms with van der Waals surface area (Å²) in [6, 6.07) is 4.16. The second kappa shape index (κ2) is 4.06. The van der Waals surface area contributed by atoms with Crippen LogP contribution in [-0.2, 0) is 4.79 Å². The van der Waals surface area contributed by atoms with E-state index in [9.17, 15) is 4.79 Å². The molecule has 0 aromatic carbocycles. The number of carbonyl (C=O) groups is 1. The third-order valence-corrected chi connectivity index (χ3v) is 6.51. The van der Waals surface area contributed by atoms with Crippen molar-refractivity contribution in [2.45, 2.75) is 33.9 Å². The summed E-state index contributed by atoms with van der Waals surface area (Å²) in [5, 5.41) is 5.41. The summed E-state index contributed by atoms with van der Waals surface area (Å²) in [5.74, 6) is 0.822. The molecule has 1 amide bonds. The number of nitrogens with one attached hydrogen (secondary N) is 1. The lowest BCUT2D eigenvalue weighted by atomic mass is 10.0. The topological polar surface area (TPSA) is 32.3 Å². The Balaban J connectivity index is 1.78. The molecule has 3 nitrogen and oxygen atoms in total. The third kappa shape index (κ3) is 1.84. The molecular formula is C15H22N2OS. The van der Waals surface area contributed by atoms with E-state index in [0.29, 0.717) is 23.3 Å². The Morgan fingerprint density at radius 3 is 2.58 bits per heavy atom.